The normalized spacial score (nSPS) is 10.6. The van der Waals surface area contributed by atoms with Crippen molar-refractivity contribution >= 4 is 33.2 Å². The van der Waals surface area contributed by atoms with Crippen LogP contribution >= 0.6 is 27.5 Å². The maximum atomic E-state index is 13.8. The Balaban J connectivity index is 1.75. The minimum Gasteiger partial charge on any atom is -0.490 e. The van der Waals surface area contributed by atoms with Gasteiger partial charge in [-0.05, 0) is 55.0 Å². The first kappa shape index (κ1) is 20.5. The van der Waals surface area contributed by atoms with Crippen molar-refractivity contribution < 1.29 is 13.9 Å². The number of nitrogens with one attached hydrogen (secondary N) is 1. The monoisotopic (exact) mass is 463 g/mol. The van der Waals surface area contributed by atoms with Gasteiger partial charge in [-0.15, -0.1) is 0 Å². The van der Waals surface area contributed by atoms with Gasteiger partial charge in [0.15, 0.2) is 11.5 Å². The van der Waals surface area contributed by atoms with Crippen LogP contribution in [0.15, 0.2) is 65.1 Å². The average Bonchev–Trinajstić information content (AvgIpc) is 2.69. The molecule has 146 valence electrons. The van der Waals surface area contributed by atoms with Crippen LogP contribution in [0.1, 0.15) is 18.1 Å². The predicted molar refractivity (Wildman–Crippen MR) is 115 cm³/mol. The van der Waals surface area contributed by atoms with Crippen LogP contribution in [0.4, 0.5) is 10.1 Å². The zero-order valence-corrected chi connectivity index (χ0v) is 17.7. The molecule has 3 nitrogen and oxygen atoms in total. The van der Waals surface area contributed by atoms with Crippen molar-refractivity contribution in [3.63, 3.8) is 0 Å². The number of ether oxygens (including phenoxy) is 2. The summed E-state index contributed by atoms with van der Waals surface area (Å²) < 4.78 is 26.3. The van der Waals surface area contributed by atoms with Crippen LogP contribution in [-0.2, 0) is 13.2 Å². The average molecular weight is 465 g/mol. The highest BCUT2D eigenvalue weighted by Crippen LogP contribution is 2.35. The van der Waals surface area contributed by atoms with Crippen LogP contribution in [0.5, 0.6) is 11.5 Å². The fourth-order valence-corrected chi connectivity index (χ4v) is 3.22. The lowest BCUT2D eigenvalue weighted by molar-refractivity contribution is 0.265. The van der Waals surface area contributed by atoms with Crippen LogP contribution in [0.3, 0.4) is 0 Å². The van der Waals surface area contributed by atoms with Gasteiger partial charge in [-0.2, -0.15) is 0 Å². The molecule has 0 aliphatic carbocycles. The molecule has 3 rings (SSSR count). The van der Waals surface area contributed by atoms with E-state index in [1.165, 1.54) is 6.07 Å². The topological polar surface area (TPSA) is 30.5 Å². The molecule has 0 radical (unpaired) electrons. The third kappa shape index (κ3) is 5.40. The van der Waals surface area contributed by atoms with E-state index in [1.54, 1.807) is 18.2 Å². The van der Waals surface area contributed by atoms with E-state index in [4.69, 9.17) is 21.1 Å². The van der Waals surface area contributed by atoms with Gasteiger partial charge < -0.3 is 14.8 Å². The first-order valence-electron chi connectivity index (χ1n) is 8.87. The molecular formula is C22H20BrClFNO2. The van der Waals surface area contributed by atoms with Crippen molar-refractivity contribution in [2.45, 2.75) is 20.1 Å². The molecule has 0 saturated heterocycles. The van der Waals surface area contributed by atoms with E-state index in [1.807, 2.05) is 43.3 Å². The SMILES string of the molecule is CCOc1cc(CNc2ccc(Cl)cc2)c(Br)cc1OCc1ccccc1F. The number of anilines is 1. The van der Waals surface area contributed by atoms with Crippen molar-refractivity contribution in [1.29, 1.82) is 0 Å². The first-order valence-corrected chi connectivity index (χ1v) is 10.0. The molecule has 28 heavy (non-hydrogen) atoms. The summed E-state index contributed by atoms with van der Waals surface area (Å²) in [5, 5.41) is 4.04. The van der Waals surface area contributed by atoms with Crippen LogP contribution in [-0.4, -0.2) is 6.61 Å². The Kier molecular flexibility index (Phi) is 7.18. The van der Waals surface area contributed by atoms with Gasteiger partial charge in [-0.3, -0.25) is 0 Å². The summed E-state index contributed by atoms with van der Waals surface area (Å²) in [6.45, 7) is 3.13. The lowest BCUT2D eigenvalue weighted by atomic mass is 10.2. The molecule has 0 unspecified atom stereocenters. The van der Waals surface area contributed by atoms with E-state index in [0.717, 1.165) is 15.7 Å². The Morgan fingerprint density at radius 2 is 1.68 bits per heavy atom. The van der Waals surface area contributed by atoms with Crippen LogP contribution in [0.2, 0.25) is 5.02 Å². The Hall–Kier alpha value is -2.24. The maximum absolute atomic E-state index is 13.8. The second kappa shape index (κ2) is 9.80. The van der Waals surface area contributed by atoms with Crippen LogP contribution in [0.25, 0.3) is 0 Å². The van der Waals surface area contributed by atoms with Crippen molar-refractivity contribution in [3.8, 4) is 11.5 Å². The van der Waals surface area contributed by atoms with Gasteiger partial charge in [0.2, 0.25) is 0 Å². The first-order chi connectivity index (χ1) is 13.6. The third-order valence-corrected chi connectivity index (χ3v) is 5.07. The van der Waals surface area contributed by atoms with Gasteiger partial charge in [0, 0.05) is 27.3 Å². The molecule has 1 N–H and O–H groups in total. The highest BCUT2D eigenvalue weighted by molar-refractivity contribution is 9.10. The van der Waals surface area contributed by atoms with Crippen molar-refractivity contribution in [3.05, 3.63) is 87.1 Å². The summed E-state index contributed by atoms with van der Waals surface area (Å²) >= 11 is 9.51. The van der Waals surface area contributed by atoms with Crippen molar-refractivity contribution in [2.24, 2.45) is 0 Å². The van der Waals surface area contributed by atoms with Gasteiger partial charge in [0.25, 0.3) is 0 Å². The quantitative estimate of drug-likeness (QED) is 0.396. The van der Waals surface area contributed by atoms with Gasteiger partial charge in [-0.25, -0.2) is 4.39 Å². The Labute approximate surface area is 177 Å². The van der Waals surface area contributed by atoms with E-state index in [-0.39, 0.29) is 12.4 Å². The summed E-state index contributed by atoms with van der Waals surface area (Å²) in [5.74, 6) is 0.894. The van der Waals surface area contributed by atoms with E-state index < -0.39 is 0 Å². The lowest BCUT2D eigenvalue weighted by Crippen LogP contribution is -2.04. The standard InChI is InChI=1S/C22H20BrClFNO2/c1-2-27-21-11-16(13-26-18-9-7-17(24)8-10-18)19(23)12-22(21)28-14-15-5-3-4-6-20(15)25/h3-12,26H,2,13-14H2,1H3. The fourth-order valence-electron chi connectivity index (χ4n) is 2.63. The van der Waals surface area contributed by atoms with Crippen molar-refractivity contribution in [1.82, 2.24) is 0 Å². The largest absolute Gasteiger partial charge is 0.490 e. The summed E-state index contributed by atoms with van der Waals surface area (Å²) in [6.07, 6.45) is 0. The van der Waals surface area contributed by atoms with Crippen LogP contribution < -0.4 is 14.8 Å². The van der Waals surface area contributed by atoms with Crippen molar-refractivity contribution in [2.75, 3.05) is 11.9 Å². The molecule has 0 amide bonds. The molecule has 0 fully saturated rings. The molecule has 0 aliphatic rings. The summed E-state index contributed by atoms with van der Waals surface area (Å²) in [4.78, 5) is 0. The van der Waals surface area contributed by atoms with Gasteiger partial charge in [0.1, 0.15) is 12.4 Å². The number of benzene rings is 3. The van der Waals surface area contributed by atoms with Gasteiger partial charge in [0.05, 0.1) is 6.61 Å². The van der Waals surface area contributed by atoms with E-state index in [9.17, 15) is 4.39 Å². The highest BCUT2D eigenvalue weighted by atomic mass is 79.9. The summed E-state index contributed by atoms with van der Waals surface area (Å²) in [5.41, 5.74) is 2.47. The zero-order valence-electron chi connectivity index (χ0n) is 15.3. The van der Waals surface area contributed by atoms with E-state index in [0.29, 0.717) is 35.2 Å². The molecule has 0 spiro atoms. The smallest absolute Gasteiger partial charge is 0.162 e. The molecule has 3 aromatic carbocycles. The summed E-state index contributed by atoms with van der Waals surface area (Å²) in [7, 11) is 0. The fraction of sp³-hybridized carbons (Fsp3) is 0.182. The highest BCUT2D eigenvalue weighted by Gasteiger charge is 2.12. The molecular weight excluding hydrogens is 445 g/mol. The molecule has 0 heterocycles. The molecule has 0 aliphatic heterocycles. The Morgan fingerprint density at radius 1 is 0.964 bits per heavy atom. The molecule has 0 saturated carbocycles. The minimum atomic E-state index is -0.289. The number of hydrogen-bond donors (Lipinski definition) is 1. The Bertz CT molecular complexity index is 934. The van der Waals surface area contributed by atoms with Gasteiger partial charge >= 0.3 is 0 Å². The summed E-state index contributed by atoms with van der Waals surface area (Å²) in [6, 6.07) is 17.9. The second-order valence-corrected chi connectivity index (χ2v) is 7.35. The van der Waals surface area contributed by atoms with E-state index >= 15 is 0 Å². The molecule has 3 aromatic rings. The number of halogens is 3. The van der Waals surface area contributed by atoms with Gasteiger partial charge in [-0.1, -0.05) is 45.7 Å². The minimum absolute atomic E-state index is 0.127. The van der Waals surface area contributed by atoms with E-state index in [2.05, 4.69) is 21.2 Å². The molecule has 0 aromatic heterocycles. The second-order valence-electron chi connectivity index (χ2n) is 6.06. The van der Waals surface area contributed by atoms with Crippen LogP contribution in [0, 0.1) is 5.82 Å². The number of hydrogen-bond acceptors (Lipinski definition) is 3. The predicted octanol–water partition coefficient (Wildman–Crippen LogP) is 6.83. The maximum Gasteiger partial charge on any atom is 0.162 e. The Morgan fingerprint density at radius 3 is 2.39 bits per heavy atom. The third-order valence-electron chi connectivity index (χ3n) is 4.08. The molecule has 0 bridgehead atoms. The molecule has 6 heteroatoms. The zero-order chi connectivity index (χ0) is 19.9. The lowest BCUT2D eigenvalue weighted by Gasteiger charge is -2.16. The molecule has 0 atom stereocenters. The number of rotatable bonds is 8.